The van der Waals surface area contributed by atoms with Gasteiger partial charge in [0.1, 0.15) is 30.5 Å². The number of anilines is 1. The van der Waals surface area contributed by atoms with Crippen molar-refractivity contribution in [2.24, 2.45) is 0 Å². The number of thiocarbonyl (C=S) groups is 1. The monoisotopic (exact) mass is 450 g/mol. The number of para-hydroxylation sites is 1. The Bertz CT molecular complexity index is 1010. The SMILES string of the molecule is CC(C)Oc1ccc(NC(=S)NC(=O)c2ccc(OCCOc3ccccc3)cc2)cc1. The van der Waals surface area contributed by atoms with Gasteiger partial charge >= 0.3 is 0 Å². The van der Waals surface area contributed by atoms with E-state index in [1.807, 2.05) is 68.4 Å². The summed E-state index contributed by atoms with van der Waals surface area (Å²) in [6.07, 6.45) is 0.105. The third kappa shape index (κ3) is 7.59. The van der Waals surface area contributed by atoms with Gasteiger partial charge < -0.3 is 19.5 Å². The van der Waals surface area contributed by atoms with Gasteiger partial charge in [0.25, 0.3) is 5.91 Å². The number of carbonyl (C=O) groups is 1. The van der Waals surface area contributed by atoms with Crippen LogP contribution in [0, 0.1) is 0 Å². The van der Waals surface area contributed by atoms with Crippen LogP contribution in [0.2, 0.25) is 0 Å². The lowest BCUT2D eigenvalue weighted by atomic mass is 10.2. The Kier molecular flexibility index (Phi) is 8.45. The van der Waals surface area contributed by atoms with Crippen molar-refractivity contribution < 1.29 is 19.0 Å². The summed E-state index contributed by atoms with van der Waals surface area (Å²) in [6.45, 7) is 4.76. The molecule has 0 fully saturated rings. The van der Waals surface area contributed by atoms with Crippen LogP contribution in [0.3, 0.4) is 0 Å². The molecule has 0 radical (unpaired) electrons. The highest BCUT2D eigenvalue weighted by molar-refractivity contribution is 7.80. The third-order valence-corrected chi connectivity index (χ3v) is 4.40. The minimum Gasteiger partial charge on any atom is -0.491 e. The molecule has 0 aliphatic heterocycles. The maximum absolute atomic E-state index is 12.4. The zero-order chi connectivity index (χ0) is 22.8. The van der Waals surface area contributed by atoms with Crippen LogP contribution in [-0.4, -0.2) is 30.3 Å². The van der Waals surface area contributed by atoms with E-state index < -0.39 is 0 Å². The van der Waals surface area contributed by atoms with Gasteiger partial charge in [0.05, 0.1) is 6.10 Å². The highest BCUT2D eigenvalue weighted by Gasteiger charge is 2.09. The van der Waals surface area contributed by atoms with Crippen molar-refractivity contribution in [2.75, 3.05) is 18.5 Å². The molecule has 0 spiro atoms. The average Bonchev–Trinajstić information content (AvgIpc) is 2.79. The predicted octanol–water partition coefficient (Wildman–Crippen LogP) is 5.06. The molecule has 0 atom stereocenters. The summed E-state index contributed by atoms with van der Waals surface area (Å²) < 4.78 is 16.8. The van der Waals surface area contributed by atoms with Crippen molar-refractivity contribution in [3.05, 3.63) is 84.4 Å². The maximum Gasteiger partial charge on any atom is 0.257 e. The Hall–Kier alpha value is -3.58. The van der Waals surface area contributed by atoms with Gasteiger partial charge in [0.15, 0.2) is 5.11 Å². The Morgan fingerprint density at radius 2 is 1.38 bits per heavy atom. The first-order valence-electron chi connectivity index (χ1n) is 10.3. The van der Waals surface area contributed by atoms with Gasteiger partial charge in [-0.25, -0.2) is 0 Å². The zero-order valence-corrected chi connectivity index (χ0v) is 18.9. The Morgan fingerprint density at radius 3 is 1.97 bits per heavy atom. The Balaban J connectivity index is 1.42. The number of nitrogens with one attached hydrogen (secondary N) is 2. The van der Waals surface area contributed by atoms with E-state index in [-0.39, 0.29) is 17.1 Å². The number of hydrogen-bond acceptors (Lipinski definition) is 5. The average molecular weight is 451 g/mol. The lowest BCUT2D eigenvalue weighted by molar-refractivity contribution is 0.0977. The Labute approximate surface area is 193 Å². The molecule has 0 aliphatic carbocycles. The zero-order valence-electron chi connectivity index (χ0n) is 18.0. The van der Waals surface area contributed by atoms with Gasteiger partial charge in [0.2, 0.25) is 0 Å². The minimum atomic E-state index is -0.304. The van der Waals surface area contributed by atoms with Crippen LogP contribution in [0.4, 0.5) is 5.69 Å². The van der Waals surface area contributed by atoms with Gasteiger partial charge in [0, 0.05) is 11.3 Å². The summed E-state index contributed by atoms with van der Waals surface area (Å²) in [7, 11) is 0. The smallest absolute Gasteiger partial charge is 0.257 e. The van der Waals surface area contributed by atoms with E-state index in [4.69, 9.17) is 26.4 Å². The molecule has 0 unspecified atom stereocenters. The molecule has 7 heteroatoms. The molecule has 0 saturated carbocycles. The summed E-state index contributed by atoms with van der Waals surface area (Å²) in [4.78, 5) is 12.4. The normalized spacial score (nSPS) is 10.3. The number of amides is 1. The fourth-order valence-corrected chi connectivity index (χ4v) is 2.98. The van der Waals surface area contributed by atoms with E-state index in [1.54, 1.807) is 24.3 Å². The molecule has 3 aromatic carbocycles. The molecule has 0 saturated heterocycles. The second kappa shape index (κ2) is 11.7. The predicted molar refractivity (Wildman–Crippen MR) is 130 cm³/mol. The van der Waals surface area contributed by atoms with Crippen LogP contribution in [-0.2, 0) is 0 Å². The molecule has 6 nitrogen and oxygen atoms in total. The van der Waals surface area contributed by atoms with Crippen LogP contribution >= 0.6 is 12.2 Å². The molecule has 32 heavy (non-hydrogen) atoms. The summed E-state index contributed by atoms with van der Waals surface area (Å²) in [6, 6.07) is 23.8. The summed E-state index contributed by atoms with van der Waals surface area (Å²) in [5.41, 5.74) is 1.23. The van der Waals surface area contributed by atoms with Crippen molar-refractivity contribution in [3.63, 3.8) is 0 Å². The van der Waals surface area contributed by atoms with E-state index in [2.05, 4.69) is 10.6 Å². The fraction of sp³-hybridized carbons (Fsp3) is 0.200. The number of rotatable bonds is 9. The standard InChI is InChI=1S/C25H26N2O4S/c1-18(2)31-23-14-10-20(11-15-23)26-25(32)27-24(28)19-8-12-22(13-9-19)30-17-16-29-21-6-4-3-5-7-21/h3-15,18H,16-17H2,1-2H3,(H2,26,27,28,32). The second-order valence-electron chi connectivity index (χ2n) is 7.13. The molecule has 2 N–H and O–H groups in total. The molecular formula is C25H26N2O4S. The van der Waals surface area contributed by atoms with Gasteiger partial charge in [-0.3, -0.25) is 10.1 Å². The van der Waals surface area contributed by atoms with Crippen LogP contribution in [0.15, 0.2) is 78.9 Å². The summed E-state index contributed by atoms with van der Waals surface area (Å²) >= 11 is 5.24. The van der Waals surface area contributed by atoms with E-state index in [0.717, 1.165) is 17.2 Å². The molecule has 3 rings (SSSR count). The lowest BCUT2D eigenvalue weighted by Crippen LogP contribution is -2.34. The van der Waals surface area contributed by atoms with E-state index in [9.17, 15) is 4.79 Å². The number of benzene rings is 3. The molecule has 1 amide bonds. The van der Waals surface area contributed by atoms with Gasteiger partial charge in [-0.2, -0.15) is 0 Å². The first kappa shape index (κ1) is 23.1. The number of hydrogen-bond donors (Lipinski definition) is 2. The van der Waals surface area contributed by atoms with E-state index in [0.29, 0.717) is 24.5 Å². The first-order valence-corrected chi connectivity index (χ1v) is 10.7. The number of ether oxygens (including phenoxy) is 3. The van der Waals surface area contributed by atoms with Crippen molar-refractivity contribution in [2.45, 2.75) is 20.0 Å². The van der Waals surface area contributed by atoms with Gasteiger partial charge in [-0.15, -0.1) is 0 Å². The second-order valence-corrected chi connectivity index (χ2v) is 7.54. The molecule has 0 aliphatic rings. The van der Waals surface area contributed by atoms with E-state index in [1.165, 1.54) is 0 Å². The van der Waals surface area contributed by atoms with Crippen molar-refractivity contribution in [1.29, 1.82) is 0 Å². The highest BCUT2D eigenvalue weighted by atomic mass is 32.1. The molecule has 0 bridgehead atoms. The van der Waals surface area contributed by atoms with Crippen LogP contribution < -0.4 is 24.8 Å². The summed E-state index contributed by atoms with van der Waals surface area (Å²) in [5, 5.41) is 5.87. The maximum atomic E-state index is 12.4. The van der Waals surface area contributed by atoms with Crippen LogP contribution in [0.5, 0.6) is 17.2 Å². The molecule has 166 valence electrons. The topological polar surface area (TPSA) is 68.8 Å². The third-order valence-electron chi connectivity index (χ3n) is 4.19. The lowest BCUT2D eigenvalue weighted by Gasteiger charge is -2.12. The van der Waals surface area contributed by atoms with Gasteiger partial charge in [-0.1, -0.05) is 18.2 Å². The quantitative estimate of drug-likeness (QED) is 0.351. The first-order chi connectivity index (χ1) is 15.5. The highest BCUT2D eigenvalue weighted by Crippen LogP contribution is 2.17. The van der Waals surface area contributed by atoms with Gasteiger partial charge in [-0.05, 0) is 86.7 Å². The van der Waals surface area contributed by atoms with Crippen molar-refractivity contribution in [1.82, 2.24) is 5.32 Å². The molecule has 0 heterocycles. The fourth-order valence-electron chi connectivity index (χ4n) is 2.76. The molecule has 3 aromatic rings. The number of carbonyl (C=O) groups excluding carboxylic acids is 1. The largest absolute Gasteiger partial charge is 0.491 e. The van der Waals surface area contributed by atoms with E-state index >= 15 is 0 Å². The van der Waals surface area contributed by atoms with Crippen molar-refractivity contribution in [3.8, 4) is 17.2 Å². The molecule has 0 aromatic heterocycles. The van der Waals surface area contributed by atoms with Crippen LogP contribution in [0.1, 0.15) is 24.2 Å². The van der Waals surface area contributed by atoms with Crippen molar-refractivity contribution >= 4 is 28.9 Å². The van der Waals surface area contributed by atoms with Crippen LogP contribution in [0.25, 0.3) is 0 Å². The molecular weight excluding hydrogens is 424 g/mol. The Morgan fingerprint density at radius 1 is 0.812 bits per heavy atom. The summed E-state index contributed by atoms with van der Waals surface area (Å²) in [5.74, 6) is 1.92. The minimum absolute atomic E-state index is 0.105.